The molecule has 2 N–H and O–H groups in total. The first-order chi connectivity index (χ1) is 41.2. The molecule has 4 heterocycles. The minimum absolute atomic E-state index is 0.0539. The molecule has 2 saturated heterocycles. The molecular weight excluding hydrogens is 1170 g/mol. The monoisotopic (exact) mass is 1250 g/mol. The van der Waals surface area contributed by atoms with Crippen LogP contribution in [0.25, 0.3) is 0 Å². The summed E-state index contributed by atoms with van der Waals surface area (Å²) in [5, 5.41) is 17.7. The lowest BCUT2D eigenvalue weighted by atomic mass is 9.80. The molecule has 2 aromatic heterocycles. The molecule has 0 radical (unpaired) electrons. The Labute approximate surface area is 507 Å². The van der Waals surface area contributed by atoms with Gasteiger partial charge in [-0.25, -0.2) is 23.3 Å². The second-order valence-corrected chi connectivity index (χ2v) is 24.4. The van der Waals surface area contributed by atoms with Crippen LogP contribution in [-0.4, -0.2) is 137 Å². The number of methoxy groups -OCH3 is 3. The van der Waals surface area contributed by atoms with Gasteiger partial charge in [0.2, 0.25) is 7.65 Å². The molecule has 86 heavy (non-hydrogen) atoms. The molecule has 3 aromatic carbocycles. The summed E-state index contributed by atoms with van der Waals surface area (Å²) < 4.78 is 85.1. The van der Waals surface area contributed by atoms with Gasteiger partial charge in [0.05, 0.1) is 65.6 Å². The number of benzene rings is 3. The molecule has 26 heteroatoms. The van der Waals surface area contributed by atoms with Gasteiger partial charge in [-0.05, 0) is 108 Å². The Morgan fingerprint density at radius 3 is 1.65 bits per heavy atom. The molecule has 0 aliphatic carbocycles. The Bertz CT molecular complexity index is 3190. The van der Waals surface area contributed by atoms with E-state index in [1.54, 1.807) is 26.4 Å². The number of ether oxygens (including phenoxy) is 7. The quantitative estimate of drug-likeness (QED) is 0.0196. The van der Waals surface area contributed by atoms with E-state index in [9.17, 15) is 24.4 Å². The number of halogens is 2. The summed E-state index contributed by atoms with van der Waals surface area (Å²) in [4.78, 5) is 54.9. The molecule has 2 aliphatic rings. The van der Waals surface area contributed by atoms with E-state index < -0.39 is 93.4 Å². The molecule has 466 valence electrons. The lowest BCUT2D eigenvalue weighted by Crippen LogP contribution is -2.41. The number of nitrogens with zero attached hydrogens (tertiary/aromatic N) is 6. The van der Waals surface area contributed by atoms with E-state index in [0.717, 1.165) is 22.4 Å². The molecule has 7 rings (SSSR count). The number of rotatable bonds is 29. The first kappa shape index (κ1) is 69.1. The maximum absolute atomic E-state index is 17.1. The third-order valence-electron chi connectivity index (χ3n) is 13.9. The highest BCUT2D eigenvalue weighted by Crippen LogP contribution is 2.51. The van der Waals surface area contributed by atoms with Crippen LogP contribution in [0.2, 0.25) is 0 Å². The number of alkyl halides is 1. The largest absolute Gasteiger partial charge is 0.497 e. The third-order valence-corrected chi connectivity index (χ3v) is 18.5. The van der Waals surface area contributed by atoms with Gasteiger partial charge in [0.15, 0.2) is 18.6 Å². The summed E-state index contributed by atoms with van der Waals surface area (Å²) in [6.45, 7) is 16.3. The van der Waals surface area contributed by atoms with Crippen LogP contribution in [0.5, 0.6) is 11.5 Å². The molecule has 0 bridgehead atoms. The topological polar surface area (TPSA) is 256 Å². The summed E-state index contributed by atoms with van der Waals surface area (Å²) >= 11 is 6.13. The fourth-order valence-electron chi connectivity index (χ4n) is 10.1. The van der Waals surface area contributed by atoms with Crippen LogP contribution in [-0.2, 0) is 42.9 Å². The predicted molar refractivity (Wildman–Crippen MR) is 324 cm³/mol. The number of nitriles is 2. The Morgan fingerprint density at radius 2 is 1.17 bits per heavy atom. The average Bonchev–Trinajstić information content (AvgIpc) is 1.16. The number of aromatic amines is 2. The van der Waals surface area contributed by atoms with E-state index >= 15 is 4.39 Å². The molecule has 2 aliphatic heterocycles. The Kier molecular flexibility index (Phi) is 26.8. The van der Waals surface area contributed by atoms with Crippen molar-refractivity contribution in [3.05, 3.63) is 174 Å². The van der Waals surface area contributed by atoms with Crippen molar-refractivity contribution < 1.29 is 51.1 Å². The van der Waals surface area contributed by atoms with Crippen molar-refractivity contribution in [1.82, 2.24) is 28.4 Å². The van der Waals surface area contributed by atoms with Crippen LogP contribution in [0, 0.1) is 22.7 Å². The highest BCUT2D eigenvalue weighted by atomic mass is 35.7. The minimum atomic E-state index is -1.97. The molecular formula is C60H78ClFN8O14P2. The normalized spacial score (nSPS) is 21.3. The van der Waals surface area contributed by atoms with Gasteiger partial charge in [0, 0.05) is 55.8 Å². The van der Waals surface area contributed by atoms with E-state index in [-0.39, 0.29) is 38.3 Å². The van der Waals surface area contributed by atoms with Crippen LogP contribution in [0.15, 0.2) is 135 Å². The molecule has 2 unspecified atom stereocenters. The SMILES string of the molecule is CC(C)N(C(C)C)P(Cl)OCCC#N.COc1ccc(C(OC[C@H]2O[C@@H](n3ccc(=O)[nH]c3=O)[C@H](F)[C@@H]2OC/C=C\[C@H]2O[C@@H](n3ccc(=O)[nH]c3=O)[C@H](OC)[C@@H]2OP(OCCC#N)N(C(C)C)C(C)C)(c2ccccc2)c2ccc(OC)cc2)cc1. The fourth-order valence-corrected chi connectivity index (χ4v) is 14.3. The zero-order chi connectivity index (χ0) is 62.7. The Hall–Kier alpha value is -5.98. The first-order valence-corrected chi connectivity index (χ1v) is 31.4. The number of nitrogens with one attached hydrogen (secondary N) is 2. The zero-order valence-electron chi connectivity index (χ0n) is 50.2. The van der Waals surface area contributed by atoms with Crippen LogP contribution < -0.4 is 32.0 Å². The van der Waals surface area contributed by atoms with Crippen molar-refractivity contribution in [3.63, 3.8) is 0 Å². The van der Waals surface area contributed by atoms with Crippen LogP contribution in [0.4, 0.5) is 4.39 Å². The van der Waals surface area contributed by atoms with Gasteiger partial charge >= 0.3 is 11.4 Å². The van der Waals surface area contributed by atoms with Crippen LogP contribution in [0.1, 0.15) is 97.4 Å². The van der Waals surface area contributed by atoms with E-state index in [0.29, 0.717) is 47.7 Å². The zero-order valence-corrected chi connectivity index (χ0v) is 52.7. The van der Waals surface area contributed by atoms with Crippen molar-refractivity contribution in [1.29, 1.82) is 10.5 Å². The summed E-state index contributed by atoms with van der Waals surface area (Å²) in [5.74, 6) is 1.23. The Balaban J connectivity index is 0.000000748. The van der Waals surface area contributed by atoms with Gasteiger partial charge in [-0.2, -0.15) is 10.5 Å². The van der Waals surface area contributed by atoms with Crippen LogP contribution in [0.3, 0.4) is 0 Å². The van der Waals surface area contributed by atoms with Gasteiger partial charge < -0.3 is 46.7 Å². The molecule has 2 fully saturated rings. The van der Waals surface area contributed by atoms with Crippen molar-refractivity contribution in [2.24, 2.45) is 0 Å². The maximum Gasteiger partial charge on any atom is 0.330 e. The fraction of sp³-hybridized carbons (Fsp3) is 0.500. The molecule has 0 amide bonds. The number of hydrogen-bond donors (Lipinski definition) is 2. The number of H-pyrrole nitrogens is 2. The lowest BCUT2D eigenvalue weighted by Gasteiger charge is -2.38. The highest BCUT2D eigenvalue weighted by molar-refractivity contribution is 7.78. The summed E-state index contributed by atoms with van der Waals surface area (Å²) in [7, 11) is 1.64. The second-order valence-electron chi connectivity index (χ2n) is 20.9. The summed E-state index contributed by atoms with van der Waals surface area (Å²) in [6, 6.07) is 31.3. The first-order valence-electron chi connectivity index (χ1n) is 28.1. The van der Waals surface area contributed by atoms with Gasteiger partial charge in [-0.15, -0.1) is 0 Å². The van der Waals surface area contributed by atoms with Crippen molar-refractivity contribution in [3.8, 4) is 23.6 Å². The molecule has 0 spiro atoms. The predicted octanol–water partition coefficient (Wildman–Crippen LogP) is 9.36. The van der Waals surface area contributed by atoms with Gasteiger partial charge in [0.25, 0.3) is 19.6 Å². The van der Waals surface area contributed by atoms with E-state index in [1.807, 2.05) is 117 Å². The molecule has 10 atom stereocenters. The molecule has 5 aromatic rings. The standard InChI is InChI=1S/C51H60FN6O13P.C9H18ClN2OP/c1-32(2)58(33(3)4)72(68-30-12-26-53)71-45-39(69-48(46(45)65-7)57-28-25-42(60)55-50(57)62)15-11-29-66-44-40(70-47(43(44)52)56-27-24-41(59)54-49(56)61)31-67-51(34-13-9-8-10-14-34,35-16-20-37(63-5)21-17-35)36-18-22-38(64-6)23-19-36;1-8(2)12(9(3)4)14(10)13-7-5-6-11/h8-11,13-25,27-28,32-33,39-40,43-48H,12,29-31H2,1-7H3,(H,54,59,61)(H,55,60,62);8-9H,5,7H2,1-4H3/b15-11-;/t39-,40-,43-,44-,45-,46-,47-,48-,72?;/m1./s1. The highest BCUT2D eigenvalue weighted by Gasteiger charge is 2.51. The third kappa shape index (κ3) is 17.4. The maximum atomic E-state index is 17.1. The van der Waals surface area contributed by atoms with Gasteiger partial charge in [-0.3, -0.25) is 28.7 Å². The average molecular weight is 1250 g/mol. The number of aromatic nitrogens is 4. The van der Waals surface area contributed by atoms with Gasteiger partial charge in [-0.1, -0.05) is 66.7 Å². The summed E-state index contributed by atoms with van der Waals surface area (Å²) in [6.07, 6.45) is -3.74. The summed E-state index contributed by atoms with van der Waals surface area (Å²) in [5.41, 5.74) is -2.08. The number of hydrogen-bond acceptors (Lipinski definition) is 18. The van der Waals surface area contributed by atoms with E-state index in [1.165, 1.54) is 23.9 Å². The molecule has 0 saturated carbocycles. The van der Waals surface area contributed by atoms with Crippen molar-refractivity contribution in [2.45, 2.75) is 147 Å². The second kappa shape index (κ2) is 33.4. The Morgan fingerprint density at radius 1 is 0.674 bits per heavy atom. The van der Waals surface area contributed by atoms with E-state index in [4.69, 9.17) is 63.2 Å². The minimum Gasteiger partial charge on any atom is -0.497 e. The van der Waals surface area contributed by atoms with Crippen LogP contribution >= 0.6 is 27.4 Å². The van der Waals surface area contributed by atoms with Gasteiger partial charge in [0.1, 0.15) is 47.6 Å². The van der Waals surface area contributed by atoms with Crippen molar-refractivity contribution in [2.75, 3.05) is 47.8 Å². The van der Waals surface area contributed by atoms with E-state index in [2.05, 4.69) is 48.4 Å². The molecule has 22 nitrogen and oxygen atoms in total. The van der Waals surface area contributed by atoms with Crippen molar-refractivity contribution >= 4 is 27.4 Å². The lowest BCUT2D eigenvalue weighted by molar-refractivity contribution is -0.102. The smallest absolute Gasteiger partial charge is 0.330 e.